The summed E-state index contributed by atoms with van der Waals surface area (Å²) in [6.07, 6.45) is 3.24. The van der Waals surface area contributed by atoms with E-state index < -0.39 is 23.5 Å². The summed E-state index contributed by atoms with van der Waals surface area (Å²) in [6, 6.07) is 16.3. The monoisotopic (exact) mass is 477 g/mol. The lowest BCUT2D eigenvalue weighted by Gasteiger charge is -2.19. The van der Waals surface area contributed by atoms with Crippen LogP contribution in [0, 0.1) is 0 Å². The number of amides is 2. The molecule has 0 aliphatic rings. The van der Waals surface area contributed by atoms with Crippen molar-refractivity contribution in [2.45, 2.75) is 12.5 Å². The second kappa shape index (κ2) is 10.2. The van der Waals surface area contributed by atoms with E-state index in [1.165, 1.54) is 19.4 Å². The van der Waals surface area contributed by atoms with Gasteiger partial charge in [-0.25, -0.2) is 4.79 Å². The van der Waals surface area contributed by atoms with Crippen molar-refractivity contribution in [3.8, 4) is 5.95 Å². The molecule has 9 heteroatoms. The number of ether oxygens (including phenoxy) is 1. The molecule has 0 spiro atoms. The quantitative estimate of drug-likeness (QED) is 0.418. The van der Waals surface area contributed by atoms with Crippen molar-refractivity contribution in [3.63, 3.8) is 0 Å². The number of halogens is 1. The molecule has 2 aromatic carbocycles. The molecule has 4 aromatic rings. The number of anilines is 1. The number of fused-ring (bicyclic) bond motifs is 1. The number of rotatable bonds is 7. The largest absolute Gasteiger partial charge is 0.467 e. The Kier molecular flexibility index (Phi) is 6.89. The van der Waals surface area contributed by atoms with Crippen molar-refractivity contribution in [1.29, 1.82) is 0 Å². The molecule has 8 nitrogen and oxygen atoms in total. The molecule has 2 amide bonds. The summed E-state index contributed by atoms with van der Waals surface area (Å²) < 4.78 is 10.1. The highest BCUT2D eigenvalue weighted by Gasteiger charge is 2.23. The fraction of sp³-hybridized carbons (Fsp3) is 0.120. The average Bonchev–Trinajstić information content (AvgIpc) is 2.86. The molecule has 0 fully saturated rings. The molecule has 2 N–H and O–H groups in total. The Hall–Kier alpha value is -4.17. The summed E-state index contributed by atoms with van der Waals surface area (Å²) >= 11 is 6.23. The van der Waals surface area contributed by atoms with Gasteiger partial charge in [-0.1, -0.05) is 48.0 Å². The standard InChI is InChI=1S/C25H20ClN3O5/c1-33-25-21(26)18-10-9-17(13-19(18)24(32)34-25)28-23(31)20(12-15-6-3-2-4-7-15)29-22(30)16-8-5-11-27-14-16/h2-11,13-14,20H,12H2,1H3,(H,28,31)(H,29,30)/t20-/m0/s1. The van der Waals surface area contributed by atoms with Crippen molar-refractivity contribution in [2.75, 3.05) is 12.4 Å². The van der Waals surface area contributed by atoms with E-state index in [9.17, 15) is 14.4 Å². The molecule has 0 saturated heterocycles. The zero-order valence-electron chi connectivity index (χ0n) is 18.1. The van der Waals surface area contributed by atoms with Crippen molar-refractivity contribution in [3.05, 3.63) is 99.6 Å². The van der Waals surface area contributed by atoms with Crippen LogP contribution in [0.2, 0.25) is 5.02 Å². The van der Waals surface area contributed by atoms with Gasteiger partial charge in [0.2, 0.25) is 5.91 Å². The Bertz CT molecular complexity index is 1390. The summed E-state index contributed by atoms with van der Waals surface area (Å²) in [5, 5.41) is 6.29. The van der Waals surface area contributed by atoms with Crippen LogP contribution >= 0.6 is 11.6 Å². The Morgan fingerprint density at radius 2 is 1.88 bits per heavy atom. The van der Waals surface area contributed by atoms with Crippen LogP contribution in [0.4, 0.5) is 5.69 Å². The summed E-state index contributed by atoms with van der Waals surface area (Å²) in [5.41, 5.74) is 0.894. The molecular weight excluding hydrogens is 458 g/mol. The molecule has 0 aliphatic carbocycles. The molecule has 0 radical (unpaired) electrons. The van der Waals surface area contributed by atoms with Crippen LogP contribution in [0.3, 0.4) is 0 Å². The summed E-state index contributed by atoms with van der Waals surface area (Å²) in [7, 11) is 1.34. The fourth-order valence-electron chi connectivity index (χ4n) is 3.43. The van der Waals surface area contributed by atoms with Crippen LogP contribution in [0.25, 0.3) is 10.8 Å². The van der Waals surface area contributed by atoms with E-state index in [0.717, 1.165) is 5.56 Å². The highest BCUT2D eigenvalue weighted by Crippen LogP contribution is 2.31. The topological polar surface area (TPSA) is 111 Å². The van der Waals surface area contributed by atoms with Crippen LogP contribution in [-0.2, 0) is 11.2 Å². The Morgan fingerprint density at radius 1 is 1.09 bits per heavy atom. The van der Waals surface area contributed by atoms with E-state index in [4.69, 9.17) is 20.8 Å². The number of aromatic nitrogens is 1. The van der Waals surface area contributed by atoms with Crippen molar-refractivity contribution >= 4 is 39.9 Å². The van der Waals surface area contributed by atoms with E-state index in [1.54, 1.807) is 30.5 Å². The first-order valence-electron chi connectivity index (χ1n) is 10.3. The first kappa shape index (κ1) is 23.0. The highest BCUT2D eigenvalue weighted by atomic mass is 35.5. The number of hydrogen-bond acceptors (Lipinski definition) is 6. The van der Waals surface area contributed by atoms with Gasteiger partial charge in [-0.15, -0.1) is 0 Å². The maximum atomic E-state index is 13.2. The van der Waals surface area contributed by atoms with Crippen molar-refractivity contribution in [2.24, 2.45) is 0 Å². The maximum absolute atomic E-state index is 13.2. The summed E-state index contributed by atoms with van der Waals surface area (Å²) in [5.74, 6) is -0.969. The average molecular weight is 478 g/mol. The van der Waals surface area contributed by atoms with Gasteiger partial charge < -0.3 is 19.8 Å². The van der Waals surface area contributed by atoms with Crippen molar-refractivity contribution < 1.29 is 18.7 Å². The number of carbonyl (C=O) groups is 2. The Balaban J connectivity index is 1.60. The molecule has 1 atom stereocenters. The first-order valence-corrected chi connectivity index (χ1v) is 10.7. The first-order chi connectivity index (χ1) is 16.5. The van der Waals surface area contributed by atoms with Crippen LogP contribution in [-0.4, -0.2) is 29.9 Å². The zero-order valence-corrected chi connectivity index (χ0v) is 18.8. The van der Waals surface area contributed by atoms with E-state index in [-0.39, 0.29) is 22.8 Å². The molecule has 0 bridgehead atoms. The van der Waals surface area contributed by atoms with Crippen LogP contribution < -0.4 is 21.0 Å². The molecule has 0 saturated carbocycles. The van der Waals surface area contributed by atoms with E-state index in [2.05, 4.69) is 15.6 Å². The second-order valence-electron chi connectivity index (χ2n) is 7.40. The molecule has 2 aromatic heterocycles. The SMILES string of the molecule is COc1oc(=O)c2cc(NC(=O)[C@H](Cc3ccccc3)NC(=O)c3cccnc3)ccc2c1Cl. The number of methoxy groups -OCH3 is 1. The van der Waals surface area contributed by atoms with Gasteiger partial charge in [0.1, 0.15) is 11.1 Å². The number of nitrogens with one attached hydrogen (secondary N) is 2. The van der Waals surface area contributed by atoms with Gasteiger partial charge in [-0.2, -0.15) is 0 Å². The number of nitrogens with zero attached hydrogens (tertiary/aromatic N) is 1. The number of carbonyl (C=O) groups excluding carboxylic acids is 2. The summed E-state index contributed by atoms with van der Waals surface area (Å²) in [6.45, 7) is 0. The fourth-order valence-corrected chi connectivity index (χ4v) is 3.72. The van der Waals surface area contributed by atoms with Gasteiger partial charge in [0.05, 0.1) is 18.1 Å². The lowest BCUT2D eigenvalue weighted by atomic mass is 10.0. The molecule has 172 valence electrons. The number of pyridine rings is 1. The third kappa shape index (κ3) is 5.07. The van der Waals surface area contributed by atoms with Gasteiger partial charge >= 0.3 is 11.6 Å². The predicted molar refractivity (Wildman–Crippen MR) is 128 cm³/mol. The third-order valence-corrected chi connectivity index (χ3v) is 5.48. The van der Waals surface area contributed by atoms with E-state index in [1.807, 2.05) is 30.3 Å². The minimum atomic E-state index is -0.887. The van der Waals surface area contributed by atoms with Crippen LogP contribution in [0.1, 0.15) is 15.9 Å². The number of hydrogen-bond donors (Lipinski definition) is 2. The Labute approximate surface area is 199 Å². The van der Waals surface area contributed by atoms with E-state index >= 15 is 0 Å². The maximum Gasteiger partial charge on any atom is 0.346 e. The normalized spacial score (nSPS) is 11.6. The Morgan fingerprint density at radius 3 is 2.59 bits per heavy atom. The molecule has 2 heterocycles. The van der Waals surface area contributed by atoms with Gasteiger partial charge in [-0.05, 0) is 29.8 Å². The van der Waals surface area contributed by atoms with Gasteiger partial charge in [0.25, 0.3) is 5.91 Å². The molecular formula is C25H20ClN3O5. The molecule has 34 heavy (non-hydrogen) atoms. The van der Waals surface area contributed by atoms with E-state index in [0.29, 0.717) is 16.6 Å². The summed E-state index contributed by atoms with van der Waals surface area (Å²) in [4.78, 5) is 42.2. The smallest absolute Gasteiger partial charge is 0.346 e. The lowest BCUT2D eigenvalue weighted by Crippen LogP contribution is -2.45. The zero-order chi connectivity index (χ0) is 24.1. The predicted octanol–water partition coefficient (Wildman–Crippen LogP) is 3.83. The van der Waals surface area contributed by atoms with Gasteiger partial charge in [-0.3, -0.25) is 14.6 Å². The minimum absolute atomic E-state index is 0.0861. The third-order valence-electron chi connectivity index (χ3n) is 5.12. The highest BCUT2D eigenvalue weighted by molar-refractivity contribution is 6.36. The van der Waals surface area contributed by atoms with Crippen molar-refractivity contribution in [1.82, 2.24) is 10.3 Å². The van der Waals surface area contributed by atoms with Crippen LogP contribution in [0.15, 0.2) is 82.3 Å². The molecule has 4 rings (SSSR count). The van der Waals surface area contributed by atoms with Gasteiger partial charge in [0, 0.05) is 29.9 Å². The molecule has 0 unspecified atom stereocenters. The lowest BCUT2D eigenvalue weighted by molar-refractivity contribution is -0.118. The molecule has 0 aliphatic heterocycles. The van der Waals surface area contributed by atoms with Crippen LogP contribution in [0.5, 0.6) is 5.95 Å². The van der Waals surface area contributed by atoms with Gasteiger partial charge in [0.15, 0.2) is 0 Å². The second-order valence-corrected chi connectivity index (χ2v) is 7.78. The minimum Gasteiger partial charge on any atom is -0.467 e. The number of benzene rings is 2.